The molecule has 0 amide bonds. The lowest BCUT2D eigenvalue weighted by Gasteiger charge is -2.22. The van der Waals surface area contributed by atoms with E-state index in [2.05, 4.69) is 15.0 Å². The zero-order valence-corrected chi connectivity index (χ0v) is 11.6. The Morgan fingerprint density at radius 2 is 2.24 bits per heavy atom. The van der Waals surface area contributed by atoms with Crippen LogP contribution in [0.3, 0.4) is 0 Å². The zero-order valence-electron chi connectivity index (χ0n) is 9.99. The van der Waals surface area contributed by atoms with Crippen LogP contribution < -0.4 is 10.0 Å². The number of sulfonamides is 1. The van der Waals surface area contributed by atoms with E-state index in [4.69, 9.17) is 0 Å². The van der Waals surface area contributed by atoms with Crippen LogP contribution in [0, 0.1) is 13.8 Å². The Hall–Kier alpha value is -0.660. The van der Waals surface area contributed by atoms with E-state index in [0.717, 1.165) is 23.5 Å². The molecule has 1 atom stereocenters. The van der Waals surface area contributed by atoms with Crippen LogP contribution in [0.2, 0.25) is 0 Å². The minimum atomic E-state index is -3.30. The molecule has 0 bridgehead atoms. The maximum absolute atomic E-state index is 12.1. The van der Waals surface area contributed by atoms with E-state index in [0.29, 0.717) is 18.1 Å². The standard InChI is InChI=1S/C10H17N3O2S2/c1-7-8(2)16-10(12-7)13-17(14,15)9-4-3-5-11-6-9/h9,11H,3-6H2,1-2H3,(H,12,13). The van der Waals surface area contributed by atoms with E-state index < -0.39 is 10.0 Å². The fourth-order valence-electron chi connectivity index (χ4n) is 1.81. The molecule has 0 aliphatic carbocycles. The van der Waals surface area contributed by atoms with Gasteiger partial charge in [0.2, 0.25) is 10.0 Å². The largest absolute Gasteiger partial charge is 0.315 e. The number of hydrogen-bond acceptors (Lipinski definition) is 5. The molecule has 2 rings (SSSR count). The summed E-state index contributed by atoms with van der Waals surface area (Å²) in [4.78, 5) is 5.24. The van der Waals surface area contributed by atoms with Gasteiger partial charge in [-0.1, -0.05) is 0 Å². The highest BCUT2D eigenvalue weighted by Crippen LogP contribution is 2.24. The third kappa shape index (κ3) is 2.97. The Morgan fingerprint density at radius 3 is 2.76 bits per heavy atom. The highest BCUT2D eigenvalue weighted by molar-refractivity contribution is 7.93. The number of rotatable bonds is 3. The van der Waals surface area contributed by atoms with E-state index in [1.54, 1.807) is 0 Å². The van der Waals surface area contributed by atoms with Crippen molar-refractivity contribution >= 4 is 26.5 Å². The molecule has 1 aliphatic heterocycles. The molecule has 2 heterocycles. The van der Waals surface area contributed by atoms with Crippen LogP contribution >= 0.6 is 11.3 Å². The van der Waals surface area contributed by atoms with Gasteiger partial charge in [-0.2, -0.15) is 0 Å². The molecule has 5 nitrogen and oxygen atoms in total. The number of aryl methyl sites for hydroxylation is 2. The molecular weight excluding hydrogens is 258 g/mol. The third-order valence-electron chi connectivity index (χ3n) is 2.95. The second-order valence-corrected chi connectivity index (χ2v) is 7.44. The summed E-state index contributed by atoms with van der Waals surface area (Å²) >= 11 is 1.38. The van der Waals surface area contributed by atoms with Crippen LogP contribution in [-0.2, 0) is 10.0 Å². The molecule has 1 fully saturated rings. The average Bonchev–Trinajstić information content (AvgIpc) is 2.58. The monoisotopic (exact) mass is 275 g/mol. The summed E-state index contributed by atoms with van der Waals surface area (Å²) in [6.07, 6.45) is 1.62. The van der Waals surface area contributed by atoms with Crippen molar-refractivity contribution in [1.82, 2.24) is 10.3 Å². The summed E-state index contributed by atoms with van der Waals surface area (Å²) in [7, 11) is -3.30. The fourth-order valence-corrected chi connectivity index (χ4v) is 4.26. The quantitative estimate of drug-likeness (QED) is 0.871. The van der Waals surface area contributed by atoms with Gasteiger partial charge in [-0.3, -0.25) is 4.72 Å². The van der Waals surface area contributed by atoms with Crippen molar-refractivity contribution in [2.45, 2.75) is 31.9 Å². The molecule has 1 aromatic heterocycles. The Labute approximate surface area is 106 Å². The Kier molecular flexibility index (Phi) is 3.70. The van der Waals surface area contributed by atoms with Gasteiger partial charge in [-0.05, 0) is 33.2 Å². The second kappa shape index (κ2) is 4.91. The summed E-state index contributed by atoms with van der Waals surface area (Å²) in [6.45, 7) is 5.25. The van der Waals surface area contributed by atoms with Crippen molar-refractivity contribution in [1.29, 1.82) is 0 Å². The fraction of sp³-hybridized carbons (Fsp3) is 0.700. The van der Waals surface area contributed by atoms with E-state index in [1.807, 2.05) is 13.8 Å². The first-order valence-electron chi connectivity index (χ1n) is 5.65. The number of nitrogens with one attached hydrogen (secondary N) is 2. The summed E-state index contributed by atoms with van der Waals surface area (Å²) < 4.78 is 26.8. The molecule has 1 aliphatic rings. The summed E-state index contributed by atoms with van der Waals surface area (Å²) in [5, 5.41) is 3.24. The van der Waals surface area contributed by atoms with Crippen molar-refractivity contribution in [3.8, 4) is 0 Å². The Bertz CT molecular complexity index is 470. The first-order chi connectivity index (χ1) is 7.99. The highest BCUT2D eigenvalue weighted by Gasteiger charge is 2.27. The lowest BCUT2D eigenvalue weighted by Crippen LogP contribution is -2.41. The summed E-state index contributed by atoms with van der Waals surface area (Å²) in [6, 6.07) is 0. The maximum Gasteiger partial charge on any atom is 0.238 e. The molecule has 0 radical (unpaired) electrons. The highest BCUT2D eigenvalue weighted by atomic mass is 32.2. The van der Waals surface area contributed by atoms with Gasteiger partial charge in [-0.15, -0.1) is 11.3 Å². The Morgan fingerprint density at radius 1 is 1.47 bits per heavy atom. The minimum Gasteiger partial charge on any atom is -0.315 e. The number of thiazole rings is 1. The molecule has 17 heavy (non-hydrogen) atoms. The van der Waals surface area contributed by atoms with Crippen molar-refractivity contribution in [3.05, 3.63) is 10.6 Å². The Balaban J connectivity index is 2.11. The molecule has 0 saturated carbocycles. The van der Waals surface area contributed by atoms with Crippen LogP contribution in [0.4, 0.5) is 5.13 Å². The van der Waals surface area contributed by atoms with E-state index in [1.165, 1.54) is 11.3 Å². The lowest BCUT2D eigenvalue weighted by atomic mass is 10.2. The molecule has 0 spiro atoms. The van der Waals surface area contributed by atoms with Gasteiger partial charge in [0.05, 0.1) is 10.9 Å². The van der Waals surface area contributed by atoms with Gasteiger partial charge in [0.1, 0.15) is 0 Å². The molecule has 1 saturated heterocycles. The van der Waals surface area contributed by atoms with E-state index >= 15 is 0 Å². The van der Waals surface area contributed by atoms with Crippen LogP contribution in [0.25, 0.3) is 0 Å². The number of piperidine rings is 1. The van der Waals surface area contributed by atoms with Gasteiger partial charge in [0, 0.05) is 11.4 Å². The molecule has 2 N–H and O–H groups in total. The smallest absolute Gasteiger partial charge is 0.238 e. The van der Waals surface area contributed by atoms with Gasteiger partial charge in [-0.25, -0.2) is 13.4 Å². The topological polar surface area (TPSA) is 71.1 Å². The predicted molar refractivity (Wildman–Crippen MR) is 70.0 cm³/mol. The van der Waals surface area contributed by atoms with Gasteiger partial charge < -0.3 is 5.32 Å². The van der Waals surface area contributed by atoms with Crippen LogP contribution in [-0.4, -0.2) is 31.7 Å². The molecule has 1 unspecified atom stereocenters. The normalized spacial score (nSPS) is 21.4. The maximum atomic E-state index is 12.1. The average molecular weight is 275 g/mol. The van der Waals surface area contributed by atoms with Crippen molar-refractivity contribution in [2.24, 2.45) is 0 Å². The van der Waals surface area contributed by atoms with E-state index in [9.17, 15) is 8.42 Å². The first-order valence-corrected chi connectivity index (χ1v) is 8.02. The van der Waals surface area contributed by atoms with Crippen molar-refractivity contribution in [2.75, 3.05) is 17.8 Å². The van der Waals surface area contributed by atoms with Gasteiger partial charge in [0.25, 0.3) is 0 Å². The molecule has 1 aromatic rings. The summed E-state index contributed by atoms with van der Waals surface area (Å²) in [5.74, 6) is 0. The third-order valence-corrected chi connectivity index (χ3v) is 5.82. The van der Waals surface area contributed by atoms with E-state index in [-0.39, 0.29) is 5.25 Å². The number of aromatic nitrogens is 1. The van der Waals surface area contributed by atoms with Crippen LogP contribution in [0.1, 0.15) is 23.4 Å². The SMILES string of the molecule is Cc1nc(NS(=O)(=O)C2CCCNC2)sc1C. The second-order valence-electron chi connectivity index (χ2n) is 4.28. The van der Waals surface area contributed by atoms with Crippen LogP contribution in [0.15, 0.2) is 0 Å². The number of nitrogens with zero attached hydrogens (tertiary/aromatic N) is 1. The molecule has 96 valence electrons. The number of hydrogen-bond donors (Lipinski definition) is 2. The number of anilines is 1. The van der Waals surface area contributed by atoms with Crippen molar-refractivity contribution in [3.63, 3.8) is 0 Å². The minimum absolute atomic E-state index is 0.347. The molecule has 0 aromatic carbocycles. The van der Waals surface area contributed by atoms with Gasteiger partial charge in [0.15, 0.2) is 5.13 Å². The molecule has 7 heteroatoms. The first kappa shape index (κ1) is 12.8. The summed E-state index contributed by atoms with van der Waals surface area (Å²) in [5.41, 5.74) is 0.884. The molecular formula is C10H17N3O2S2. The lowest BCUT2D eigenvalue weighted by molar-refractivity contribution is 0.499. The predicted octanol–water partition coefficient (Wildman–Crippen LogP) is 1.25. The van der Waals surface area contributed by atoms with Crippen LogP contribution in [0.5, 0.6) is 0 Å². The van der Waals surface area contributed by atoms with Gasteiger partial charge >= 0.3 is 0 Å². The van der Waals surface area contributed by atoms with Crippen molar-refractivity contribution < 1.29 is 8.42 Å². The zero-order chi connectivity index (χ0) is 12.5.